The maximum Gasteiger partial charge on any atom is 0.343 e. The molecule has 5 rings (SSSR count). The van der Waals surface area contributed by atoms with E-state index < -0.39 is 11.9 Å². The van der Waals surface area contributed by atoms with E-state index in [1.165, 1.54) is 31.2 Å². The van der Waals surface area contributed by atoms with Crippen LogP contribution >= 0.6 is 0 Å². The first-order chi connectivity index (χ1) is 18.2. The molecular weight excluding hydrogens is 460 g/mol. The summed E-state index contributed by atoms with van der Waals surface area (Å²) in [7, 11) is 0. The van der Waals surface area contributed by atoms with Gasteiger partial charge in [0.05, 0.1) is 5.56 Å². The number of rotatable bonds is 7. The van der Waals surface area contributed by atoms with Crippen molar-refractivity contribution in [3.8, 4) is 5.75 Å². The van der Waals surface area contributed by atoms with Crippen LogP contribution in [0.1, 0.15) is 113 Å². The molecule has 3 aromatic carbocycles. The lowest BCUT2D eigenvalue weighted by Gasteiger charge is -2.28. The fourth-order valence-corrected chi connectivity index (χ4v) is 5.86. The van der Waals surface area contributed by atoms with Crippen LogP contribution < -0.4 is 4.74 Å². The molecule has 0 heterocycles. The van der Waals surface area contributed by atoms with E-state index in [1.54, 1.807) is 12.1 Å². The summed E-state index contributed by atoms with van der Waals surface area (Å²) in [6.45, 7) is 0.179. The Morgan fingerprint density at radius 1 is 0.676 bits per heavy atom. The average Bonchev–Trinajstić information content (AvgIpc) is 2.98. The van der Waals surface area contributed by atoms with Crippen LogP contribution in [0.2, 0.25) is 0 Å². The highest BCUT2D eigenvalue weighted by Crippen LogP contribution is 2.43. The van der Waals surface area contributed by atoms with Gasteiger partial charge in [-0.25, -0.2) is 9.59 Å². The fourth-order valence-electron chi connectivity index (χ4n) is 5.86. The minimum atomic E-state index is -0.444. The predicted octanol–water partition coefficient (Wildman–Crippen LogP) is 8.36. The number of hydrogen-bond acceptors (Lipinski definition) is 4. The lowest BCUT2D eigenvalue weighted by Crippen LogP contribution is -2.18. The topological polar surface area (TPSA) is 52.6 Å². The summed E-state index contributed by atoms with van der Waals surface area (Å²) in [5, 5.41) is 0. The van der Waals surface area contributed by atoms with Crippen LogP contribution in [0.15, 0.2) is 72.8 Å². The van der Waals surface area contributed by atoms with Crippen LogP contribution in [-0.2, 0) is 11.3 Å². The Morgan fingerprint density at radius 3 is 1.92 bits per heavy atom. The molecule has 0 spiro atoms. The first-order valence-corrected chi connectivity index (χ1v) is 13.8. The van der Waals surface area contributed by atoms with Crippen LogP contribution in [0.25, 0.3) is 0 Å². The van der Waals surface area contributed by atoms with E-state index in [9.17, 15) is 9.59 Å². The highest BCUT2D eigenvalue weighted by Gasteiger charge is 2.29. The smallest absolute Gasteiger partial charge is 0.343 e. The maximum absolute atomic E-state index is 13.6. The molecular formula is C33H36O4. The molecule has 0 amide bonds. The van der Waals surface area contributed by atoms with E-state index in [4.69, 9.17) is 9.47 Å². The van der Waals surface area contributed by atoms with Crippen molar-refractivity contribution in [1.29, 1.82) is 0 Å². The van der Waals surface area contributed by atoms with Crippen molar-refractivity contribution in [3.63, 3.8) is 0 Å². The molecule has 4 nitrogen and oxygen atoms in total. The molecule has 2 fully saturated rings. The highest BCUT2D eigenvalue weighted by molar-refractivity contribution is 5.97. The maximum atomic E-state index is 13.6. The molecule has 0 N–H and O–H groups in total. The Balaban J connectivity index is 1.55. The van der Waals surface area contributed by atoms with E-state index in [1.807, 2.05) is 54.6 Å². The number of esters is 2. The van der Waals surface area contributed by atoms with E-state index in [-0.39, 0.29) is 12.5 Å². The number of hydrogen-bond donors (Lipinski definition) is 0. The SMILES string of the molecule is O=C(Oc1c(C(=O)OCc2ccccc2)cc(C2CCCCC2)cc1C1CCCCC1)c1ccccc1. The van der Waals surface area contributed by atoms with Crippen molar-refractivity contribution in [1.82, 2.24) is 0 Å². The molecule has 0 atom stereocenters. The number of carbonyl (C=O) groups is 2. The average molecular weight is 497 g/mol. The van der Waals surface area contributed by atoms with Crippen molar-refractivity contribution >= 4 is 11.9 Å². The summed E-state index contributed by atoms with van der Waals surface area (Å²) in [6.07, 6.45) is 11.6. The van der Waals surface area contributed by atoms with Crippen LogP contribution in [0, 0.1) is 0 Å². The summed E-state index contributed by atoms with van der Waals surface area (Å²) >= 11 is 0. The molecule has 0 unspecified atom stereocenters. The van der Waals surface area contributed by atoms with Gasteiger partial charge in [0.2, 0.25) is 0 Å². The largest absolute Gasteiger partial charge is 0.457 e. The molecule has 3 aromatic rings. The minimum absolute atomic E-state index is 0.179. The Labute approximate surface area is 220 Å². The van der Waals surface area contributed by atoms with E-state index in [0.29, 0.717) is 22.8 Å². The van der Waals surface area contributed by atoms with E-state index in [0.717, 1.165) is 49.7 Å². The Hall–Kier alpha value is -3.40. The fraction of sp³-hybridized carbons (Fsp3) is 0.394. The van der Waals surface area contributed by atoms with Crippen molar-refractivity contribution in [2.24, 2.45) is 0 Å². The first-order valence-electron chi connectivity index (χ1n) is 13.8. The molecule has 0 radical (unpaired) electrons. The highest BCUT2D eigenvalue weighted by atomic mass is 16.5. The number of benzene rings is 3. The summed E-state index contributed by atoms with van der Waals surface area (Å²) in [5.41, 5.74) is 3.96. The van der Waals surface area contributed by atoms with Crippen LogP contribution in [0.5, 0.6) is 5.75 Å². The monoisotopic (exact) mass is 496 g/mol. The molecule has 0 saturated heterocycles. The van der Waals surface area contributed by atoms with Crippen molar-refractivity contribution < 1.29 is 19.1 Å². The molecule has 2 aliphatic carbocycles. The third kappa shape index (κ3) is 6.30. The quantitative estimate of drug-likeness (QED) is 0.244. The molecule has 2 aliphatic rings. The summed E-state index contributed by atoms with van der Waals surface area (Å²) in [6, 6.07) is 22.9. The van der Waals surface area contributed by atoms with Crippen LogP contribution in [-0.4, -0.2) is 11.9 Å². The molecule has 4 heteroatoms. The van der Waals surface area contributed by atoms with Gasteiger partial charge in [0.15, 0.2) is 0 Å². The van der Waals surface area contributed by atoms with Gasteiger partial charge < -0.3 is 9.47 Å². The third-order valence-corrected chi connectivity index (χ3v) is 7.90. The zero-order valence-electron chi connectivity index (χ0n) is 21.5. The van der Waals surface area contributed by atoms with Crippen molar-refractivity contribution in [2.75, 3.05) is 0 Å². The predicted molar refractivity (Wildman–Crippen MR) is 145 cm³/mol. The zero-order valence-corrected chi connectivity index (χ0v) is 21.5. The Bertz CT molecular complexity index is 1190. The summed E-state index contributed by atoms with van der Waals surface area (Å²) in [4.78, 5) is 26.8. The van der Waals surface area contributed by atoms with Crippen molar-refractivity contribution in [2.45, 2.75) is 82.7 Å². The molecule has 0 aromatic heterocycles. The van der Waals surface area contributed by atoms with E-state index >= 15 is 0 Å². The second kappa shape index (κ2) is 12.2. The van der Waals surface area contributed by atoms with Gasteiger partial charge in [0, 0.05) is 0 Å². The molecule has 0 bridgehead atoms. The molecule has 37 heavy (non-hydrogen) atoms. The standard InChI is InChI=1S/C33H36O4/c34-32(27-19-11-4-12-20-27)37-31-29(26-17-9-3-10-18-26)21-28(25-15-7-2-8-16-25)22-30(31)33(35)36-23-24-13-5-1-6-14-24/h1,4-6,11-14,19-22,25-26H,2-3,7-10,15-18,23H2. The van der Waals surface area contributed by atoms with Gasteiger partial charge in [-0.05, 0) is 72.4 Å². The number of ether oxygens (including phenoxy) is 2. The summed E-state index contributed by atoms with van der Waals surface area (Å²) in [5.74, 6) is 0.208. The van der Waals surface area contributed by atoms with E-state index in [2.05, 4.69) is 6.07 Å². The molecule has 2 saturated carbocycles. The Morgan fingerprint density at radius 2 is 1.27 bits per heavy atom. The van der Waals surface area contributed by atoms with Crippen LogP contribution in [0.4, 0.5) is 0 Å². The minimum Gasteiger partial charge on any atom is -0.457 e. The van der Waals surface area contributed by atoms with Crippen LogP contribution in [0.3, 0.4) is 0 Å². The van der Waals surface area contributed by atoms with Crippen molar-refractivity contribution in [3.05, 3.63) is 101 Å². The second-order valence-corrected chi connectivity index (χ2v) is 10.5. The van der Waals surface area contributed by atoms with Gasteiger partial charge in [-0.1, -0.05) is 93.1 Å². The third-order valence-electron chi connectivity index (χ3n) is 7.90. The van der Waals surface area contributed by atoms with Gasteiger partial charge in [-0.15, -0.1) is 0 Å². The van der Waals surface area contributed by atoms with Gasteiger partial charge in [-0.3, -0.25) is 0 Å². The lowest BCUT2D eigenvalue weighted by molar-refractivity contribution is 0.0467. The van der Waals surface area contributed by atoms with Gasteiger partial charge in [0.1, 0.15) is 17.9 Å². The van der Waals surface area contributed by atoms with Gasteiger partial charge in [-0.2, -0.15) is 0 Å². The summed E-state index contributed by atoms with van der Waals surface area (Å²) < 4.78 is 11.9. The molecule has 0 aliphatic heterocycles. The first kappa shape index (κ1) is 25.3. The Kier molecular flexibility index (Phi) is 8.35. The molecule has 192 valence electrons. The normalized spacial score (nSPS) is 16.8. The number of carbonyl (C=O) groups excluding carboxylic acids is 2. The zero-order chi connectivity index (χ0) is 25.5. The second-order valence-electron chi connectivity index (χ2n) is 10.5. The van der Waals surface area contributed by atoms with Gasteiger partial charge in [0.25, 0.3) is 0 Å². The lowest BCUT2D eigenvalue weighted by atomic mass is 9.78. The van der Waals surface area contributed by atoms with Gasteiger partial charge >= 0.3 is 11.9 Å².